The molecule has 3 aromatic rings. The van der Waals surface area contributed by atoms with E-state index in [1.807, 2.05) is 0 Å². The molecule has 4 rings (SSSR count). The smallest absolute Gasteiger partial charge is 0.431 e. The van der Waals surface area contributed by atoms with Crippen molar-refractivity contribution in [2.45, 2.75) is 37.3 Å². The molecule has 1 unspecified atom stereocenters. The van der Waals surface area contributed by atoms with E-state index in [-0.39, 0.29) is 21.8 Å². The number of ether oxygens (including phenoxy) is 1. The lowest BCUT2D eigenvalue weighted by molar-refractivity contribution is -0.338. The molecule has 12 heteroatoms. The number of nitrogens with zero attached hydrogens (tertiary/aromatic N) is 2. The fourth-order valence-electron chi connectivity index (χ4n) is 4.26. The number of benzene rings is 3. The lowest BCUT2D eigenvalue weighted by Crippen LogP contribution is -2.62. The molecule has 0 saturated carbocycles. The van der Waals surface area contributed by atoms with Gasteiger partial charge in [0.25, 0.3) is 5.60 Å². The molecule has 0 radical (unpaired) electrons. The van der Waals surface area contributed by atoms with Crippen molar-refractivity contribution in [1.29, 1.82) is 0 Å². The van der Waals surface area contributed by atoms with Gasteiger partial charge in [-0.15, -0.1) is 0 Å². The van der Waals surface area contributed by atoms with E-state index in [1.165, 1.54) is 36.4 Å². The lowest BCUT2D eigenvalue weighted by Gasteiger charge is -2.32. The first-order valence-corrected chi connectivity index (χ1v) is 11.7. The topological polar surface area (TPSA) is 45.1 Å². The molecule has 0 fully saturated rings. The Morgan fingerprint density at radius 1 is 0.947 bits per heavy atom. The van der Waals surface area contributed by atoms with Gasteiger partial charge in [-0.2, -0.15) is 31.4 Å². The Bertz CT molecular complexity index is 1340. The van der Waals surface area contributed by atoms with E-state index in [9.17, 15) is 31.4 Å². The molecule has 38 heavy (non-hydrogen) atoms. The summed E-state index contributed by atoms with van der Waals surface area (Å²) < 4.78 is 103. The van der Waals surface area contributed by atoms with Gasteiger partial charge in [0.05, 0.1) is 29.1 Å². The molecule has 0 aromatic heterocycles. The molecule has 3 aromatic carbocycles. The maximum absolute atomic E-state index is 15.4. The SMILES string of the molecule is CCOc1ccccc1-c1ccc(C2CC(C(O)(C(F)(F)F)C(F)(F)F)=NN2c2ccccc2Cl)cc1F. The molecule has 1 heterocycles. The summed E-state index contributed by atoms with van der Waals surface area (Å²) in [6.45, 7) is 2.06. The molecule has 0 amide bonds. The van der Waals surface area contributed by atoms with Crippen LogP contribution in [-0.4, -0.2) is 35.4 Å². The van der Waals surface area contributed by atoms with E-state index in [0.29, 0.717) is 17.9 Å². The first-order valence-electron chi connectivity index (χ1n) is 11.3. The van der Waals surface area contributed by atoms with E-state index in [2.05, 4.69) is 5.10 Å². The van der Waals surface area contributed by atoms with Gasteiger partial charge in [-0.1, -0.05) is 54.1 Å². The Labute approximate surface area is 217 Å². The summed E-state index contributed by atoms with van der Waals surface area (Å²) in [5.41, 5.74) is -6.29. The molecule has 1 atom stereocenters. The number of rotatable bonds is 6. The Morgan fingerprint density at radius 3 is 2.18 bits per heavy atom. The fraction of sp³-hybridized carbons (Fsp3) is 0.269. The highest BCUT2D eigenvalue weighted by atomic mass is 35.5. The number of halogens is 8. The van der Waals surface area contributed by atoms with Crippen LogP contribution in [0, 0.1) is 5.82 Å². The molecular weight excluding hydrogens is 541 g/mol. The molecule has 0 saturated heterocycles. The van der Waals surface area contributed by atoms with Crippen molar-refractivity contribution in [2.75, 3.05) is 11.6 Å². The van der Waals surface area contributed by atoms with Crippen LogP contribution in [0.25, 0.3) is 11.1 Å². The zero-order chi connectivity index (χ0) is 27.9. The largest absolute Gasteiger partial charge is 0.493 e. The van der Waals surface area contributed by atoms with Crippen LogP contribution in [0.3, 0.4) is 0 Å². The second-order valence-corrected chi connectivity index (χ2v) is 8.84. The first kappa shape index (κ1) is 27.7. The predicted octanol–water partition coefficient (Wildman–Crippen LogP) is 7.71. The average Bonchev–Trinajstić information content (AvgIpc) is 3.28. The second-order valence-electron chi connectivity index (χ2n) is 8.44. The molecule has 0 spiro atoms. The Morgan fingerprint density at radius 2 is 1.58 bits per heavy atom. The maximum Gasteiger partial charge on any atom is 0.431 e. The van der Waals surface area contributed by atoms with E-state index in [0.717, 1.165) is 11.1 Å². The molecule has 1 N–H and O–H groups in total. The molecular formula is C26H20ClF7N2O2. The van der Waals surface area contributed by atoms with Crippen molar-refractivity contribution in [3.05, 3.63) is 83.1 Å². The van der Waals surface area contributed by atoms with Crippen LogP contribution in [0.2, 0.25) is 5.02 Å². The van der Waals surface area contributed by atoms with Gasteiger partial charge in [-0.3, -0.25) is 5.01 Å². The van der Waals surface area contributed by atoms with E-state index >= 15 is 4.39 Å². The molecule has 1 aliphatic heterocycles. The van der Waals surface area contributed by atoms with Gasteiger partial charge in [0.2, 0.25) is 0 Å². The zero-order valence-corrected chi connectivity index (χ0v) is 20.4. The van der Waals surface area contributed by atoms with Crippen LogP contribution >= 0.6 is 11.6 Å². The van der Waals surface area contributed by atoms with Crippen LogP contribution in [0.15, 0.2) is 71.8 Å². The maximum atomic E-state index is 15.4. The third kappa shape index (κ3) is 4.80. The van der Waals surface area contributed by atoms with Crippen molar-refractivity contribution in [3.8, 4) is 16.9 Å². The standard InChI is InChI=1S/C26H20ClF7N2O2/c1-2-38-22-10-6-3-7-17(22)16-12-11-15(13-19(16)28)21-14-23(24(37,25(29,30)31)26(32,33)34)35-36(21)20-9-5-4-8-18(20)27/h3-13,21,37H,2,14H2,1H3. The number of hydrogen-bond donors (Lipinski definition) is 1. The number of hydrazone groups is 1. The number of anilines is 1. The minimum atomic E-state index is -6.12. The summed E-state index contributed by atoms with van der Waals surface area (Å²) in [5.74, 6) is -0.393. The van der Waals surface area contributed by atoms with Gasteiger partial charge in [0, 0.05) is 17.5 Å². The average molecular weight is 561 g/mol. The molecule has 4 nitrogen and oxygen atoms in total. The van der Waals surface area contributed by atoms with Crippen LogP contribution in [0.4, 0.5) is 36.4 Å². The van der Waals surface area contributed by atoms with Crippen LogP contribution in [0.5, 0.6) is 5.75 Å². The number of para-hydroxylation sites is 2. The minimum Gasteiger partial charge on any atom is -0.493 e. The third-order valence-corrected chi connectivity index (χ3v) is 6.42. The second kappa shape index (κ2) is 10.1. The molecule has 1 aliphatic rings. The Hall–Kier alpha value is -3.31. The summed E-state index contributed by atoms with van der Waals surface area (Å²) in [4.78, 5) is 0. The number of alkyl halides is 6. The highest BCUT2D eigenvalue weighted by Gasteiger charge is 2.74. The summed E-state index contributed by atoms with van der Waals surface area (Å²) >= 11 is 6.18. The van der Waals surface area contributed by atoms with Crippen molar-refractivity contribution < 1.29 is 40.6 Å². The zero-order valence-electron chi connectivity index (χ0n) is 19.6. The summed E-state index contributed by atoms with van der Waals surface area (Å²) in [7, 11) is 0. The van der Waals surface area contributed by atoms with Crippen molar-refractivity contribution in [3.63, 3.8) is 0 Å². The summed E-state index contributed by atoms with van der Waals surface area (Å²) in [6, 6.07) is 14.7. The van der Waals surface area contributed by atoms with Crippen LogP contribution in [0.1, 0.15) is 24.9 Å². The van der Waals surface area contributed by atoms with E-state index in [1.54, 1.807) is 31.2 Å². The minimum absolute atomic E-state index is 0.0190. The van der Waals surface area contributed by atoms with Gasteiger partial charge in [0.1, 0.15) is 11.6 Å². The monoisotopic (exact) mass is 560 g/mol. The fourth-order valence-corrected chi connectivity index (χ4v) is 4.49. The summed E-state index contributed by atoms with van der Waals surface area (Å²) in [6.07, 6.45) is -13.2. The highest BCUT2D eigenvalue weighted by molar-refractivity contribution is 6.33. The quantitative estimate of drug-likeness (QED) is 0.314. The van der Waals surface area contributed by atoms with E-state index in [4.69, 9.17) is 16.3 Å². The van der Waals surface area contributed by atoms with Gasteiger partial charge in [0.15, 0.2) is 0 Å². The van der Waals surface area contributed by atoms with Gasteiger partial charge < -0.3 is 9.84 Å². The van der Waals surface area contributed by atoms with Crippen molar-refractivity contribution >= 4 is 23.0 Å². The van der Waals surface area contributed by atoms with Crippen LogP contribution in [-0.2, 0) is 0 Å². The summed E-state index contributed by atoms with van der Waals surface area (Å²) in [5, 5.41) is 14.4. The van der Waals surface area contributed by atoms with E-state index < -0.39 is 41.9 Å². The predicted molar refractivity (Wildman–Crippen MR) is 129 cm³/mol. The van der Waals surface area contributed by atoms with Crippen molar-refractivity contribution in [1.82, 2.24) is 0 Å². The molecule has 0 bridgehead atoms. The Balaban J connectivity index is 1.82. The number of hydrogen-bond acceptors (Lipinski definition) is 4. The van der Waals surface area contributed by atoms with Gasteiger partial charge in [-0.05, 0) is 36.8 Å². The highest BCUT2D eigenvalue weighted by Crippen LogP contribution is 2.49. The normalized spacial score (nSPS) is 16.5. The Kier molecular flexibility index (Phi) is 7.37. The third-order valence-electron chi connectivity index (χ3n) is 6.10. The molecule has 0 aliphatic carbocycles. The lowest BCUT2D eigenvalue weighted by atomic mass is 9.89. The molecule has 202 valence electrons. The number of aliphatic hydroxyl groups is 1. The van der Waals surface area contributed by atoms with Crippen molar-refractivity contribution in [2.24, 2.45) is 5.10 Å². The van der Waals surface area contributed by atoms with Gasteiger partial charge >= 0.3 is 12.4 Å². The van der Waals surface area contributed by atoms with Crippen LogP contribution < -0.4 is 9.75 Å². The first-order chi connectivity index (χ1) is 17.8. The van der Waals surface area contributed by atoms with Gasteiger partial charge in [-0.25, -0.2) is 4.39 Å².